The van der Waals surface area contributed by atoms with Crippen LogP contribution in [0.4, 0.5) is 15.8 Å². The highest BCUT2D eigenvalue weighted by molar-refractivity contribution is 7.81. The molecule has 1 atom stereocenters. The topological polar surface area (TPSA) is 106 Å². The summed E-state index contributed by atoms with van der Waals surface area (Å²) in [5.41, 5.74) is 1.11. The van der Waals surface area contributed by atoms with Crippen molar-refractivity contribution in [3.63, 3.8) is 0 Å². The molecule has 0 fully saturated rings. The second-order valence-electron chi connectivity index (χ2n) is 7.79. The van der Waals surface area contributed by atoms with Gasteiger partial charge < -0.3 is 23.7 Å². The summed E-state index contributed by atoms with van der Waals surface area (Å²) < 4.78 is 51.0. The number of fused-ring (bicyclic) bond motifs is 3. The lowest BCUT2D eigenvalue weighted by Crippen LogP contribution is -2.24. The predicted octanol–water partition coefficient (Wildman–Crippen LogP) is 4.96. The predicted molar refractivity (Wildman–Crippen MR) is 130 cm³/mol. The van der Waals surface area contributed by atoms with Crippen molar-refractivity contribution in [1.29, 1.82) is 0 Å². The van der Waals surface area contributed by atoms with Gasteiger partial charge in [-0.15, -0.1) is 0 Å². The number of halogens is 1. The van der Waals surface area contributed by atoms with E-state index in [2.05, 4.69) is 4.90 Å². The minimum atomic E-state index is -2.93. The Labute approximate surface area is 204 Å². The van der Waals surface area contributed by atoms with Gasteiger partial charge in [-0.3, -0.25) is 8.51 Å². The zero-order chi connectivity index (χ0) is 25.1. The van der Waals surface area contributed by atoms with Crippen molar-refractivity contribution in [2.45, 2.75) is 20.5 Å². The third-order valence-electron chi connectivity index (χ3n) is 5.86. The molecule has 0 saturated carbocycles. The van der Waals surface area contributed by atoms with E-state index in [1.165, 1.54) is 24.5 Å². The van der Waals surface area contributed by atoms with Crippen LogP contribution in [0.5, 0.6) is 5.75 Å². The third kappa shape index (κ3) is 4.86. The molecule has 0 spiro atoms. The SMILES string of the molecule is CCN(CC)CC=Cc1cc(F)ccc1N(c1ccc2c(c1C(=O)O)OCc1occc1-2)S(=O)[O-]. The average Bonchev–Trinajstić information content (AvgIpc) is 3.32. The van der Waals surface area contributed by atoms with Gasteiger partial charge in [0.25, 0.3) is 0 Å². The van der Waals surface area contributed by atoms with Crippen LogP contribution in [-0.4, -0.2) is 44.4 Å². The lowest BCUT2D eigenvalue weighted by molar-refractivity contribution is 0.0692. The van der Waals surface area contributed by atoms with Gasteiger partial charge in [-0.05, 0) is 49.5 Å². The molecule has 0 aliphatic carbocycles. The number of ether oxygens (including phenoxy) is 1. The summed E-state index contributed by atoms with van der Waals surface area (Å²) in [6, 6.07) is 8.33. The Morgan fingerprint density at radius 2 is 1.91 bits per heavy atom. The van der Waals surface area contributed by atoms with E-state index in [0.717, 1.165) is 23.5 Å². The van der Waals surface area contributed by atoms with Gasteiger partial charge in [0.2, 0.25) is 0 Å². The highest BCUT2D eigenvalue weighted by atomic mass is 32.2. The van der Waals surface area contributed by atoms with Gasteiger partial charge >= 0.3 is 5.97 Å². The Kier molecular flexibility index (Phi) is 7.34. The van der Waals surface area contributed by atoms with Crippen LogP contribution in [0.3, 0.4) is 0 Å². The molecule has 1 aromatic heterocycles. The number of furan rings is 1. The van der Waals surface area contributed by atoms with Gasteiger partial charge in [-0.1, -0.05) is 26.0 Å². The van der Waals surface area contributed by atoms with Gasteiger partial charge in [0.15, 0.2) is 0 Å². The standard InChI is InChI=1S/C25H25FN2O6S/c1-3-27(4-2)12-5-6-16-14-17(26)7-9-20(16)28(35(31)32)21-10-8-19-18-11-13-33-22(18)15-34-24(19)23(21)25(29)30/h5-11,13-14H,3-4,12,15H2,1-2H3,(H,29,30)(H,31,32)/p-1. The number of hydrogen-bond donors (Lipinski definition) is 1. The molecule has 8 nitrogen and oxygen atoms in total. The smallest absolute Gasteiger partial charge is 0.341 e. The van der Waals surface area contributed by atoms with Crippen molar-refractivity contribution in [1.82, 2.24) is 4.90 Å². The van der Waals surface area contributed by atoms with Crippen LogP contribution in [0.25, 0.3) is 17.2 Å². The molecule has 1 unspecified atom stereocenters. The summed E-state index contributed by atoms with van der Waals surface area (Å²) in [5.74, 6) is -1.32. The average molecular weight is 500 g/mol. The minimum absolute atomic E-state index is 0.00935. The first-order valence-corrected chi connectivity index (χ1v) is 12.1. The normalized spacial score (nSPS) is 13.4. The van der Waals surface area contributed by atoms with E-state index in [1.54, 1.807) is 18.2 Å². The van der Waals surface area contributed by atoms with Gasteiger partial charge in [-0.2, -0.15) is 0 Å². The van der Waals surface area contributed by atoms with Crippen LogP contribution in [-0.2, 0) is 17.9 Å². The summed E-state index contributed by atoms with van der Waals surface area (Å²) in [6.45, 7) is 6.28. The van der Waals surface area contributed by atoms with Crippen LogP contribution in [0.1, 0.15) is 35.5 Å². The van der Waals surface area contributed by atoms with Crippen molar-refractivity contribution in [2.75, 3.05) is 23.9 Å². The number of carboxylic acid groups (broad SMARTS) is 1. The number of likely N-dealkylation sites (N-methyl/N-ethyl adjacent to an activating group) is 1. The molecule has 1 aliphatic heterocycles. The Morgan fingerprint density at radius 3 is 2.60 bits per heavy atom. The van der Waals surface area contributed by atoms with Gasteiger partial charge in [0.05, 0.1) is 28.9 Å². The molecule has 1 aliphatic rings. The molecule has 0 saturated heterocycles. The second-order valence-corrected chi connectivity index (χ2v) is 8.59. The molecule has 10 heteroatoms. The number of carbonyl (C=O) groups is 1. The molecule has 3 aromatic rings. The molecule has 0 bridgehead atoms. The summed E-state index contributed by atoms with van der Waals surface area (Å²) in [5, 5.41) is 10.1. The highest BCUT2D eigenvalue weighted by Crippen LogP contribution is 2.45. The van der Waals surface area contributed by atoms with Crippen LogP contribution >= 0.6 is 0 Å². The Bertz CT molecular complexity index is 1300. The zero-order valence-electron chi connectivity index (χ0n) is 19.2. The van der Waals surface area contributed by atoms with Crippen molar-refractivity contribution < 1.29 is 32.2 Å². The molecule has 1 N–H and O–H groups in total. The fraction of sp³-hybridized carbons (Fsp3) is 0.240. The van der Waals surface area contributed by atoms with E-state index in [1.807, 2.05) is 19.9 Å². The largest absolute Gasteiger partial charge is 0.755 e. The maximum atomic E-state index is 14.1. The number of aromatic carboxylic acids is 1. The highest BCUT2D eigenvalue weighted by Gasteiger charge is 2.30. The first-order chi connectivity index (χ1) is 16.8. The summed E-state index contributed by atoms with van der Waals surface area (Å²) in [4.78, 5) is 14.5. The Balaban J connectivity index is 1.85. The van der Waals surface area contributed by atoms with Crippen LogP contribution in [0.2, 0.25) is 0 Å². The van der Waals surface area contributed by atoms with Gasteiger partial charge in [0, 0.05) is 23.2 Å². The van der Waals surface area contributed by atoms with E-state index in [4.69, 9.17) is 9.15 Å². The minimum Gasteiger partial charge on any atom is -0.755 e. The number of carboxylic acids is 1. The number of benzene rings is 2. The van der Waals surface area contributed by atoms with E-state index in [-0.39, 0.29) is 34.9 Å². The molecular weight excluding hydrogens is 475 g/mol. The molecule has 4 rings (SSSR count). The molecule has 184 valence electrons. The second kappa shape index (κ2) is 10.4. The van der Waals surface area contributed by atoms with E-state index >= 15 is 0 Å². The van der Waals surface area contributed by atoms with Crippen LogP contribution < -0.4 is 9.04 Å². The van der Waals surface area contributed by atoms with Crippen molar-refractivity contribution in [3.8, 4) is 16.9 Å². The van der Waals surface area contributed by atoms with Crippen molar-refractivity contribution >= 4 is 34.7 Å². The Morgan fingerprint density at radius 1 is 1.17 bits per heavy atom. The maximum absolute atomic E-state index is 14.1. The first-order valence-electron chi connectivity index (χ1n) is 11.0. The quantitative estimate of drug-likeness (QED) is 0.415. The monoisotopic (exact) mass is 499 g/mol. The number of anilines is 2. The fourth-order valence-corrected chi connectivity index (χ4v) is 4.72. The third-order valence-corrected chi connectivity index (χ3v) is 6.56. The van der Waals surface area contributed by atoms with Gasteiger partial charge in [0.1, 0.15) is 29.5 Å². The molecule has 2 aromatic carbocycles. The summed E-state index contributed by atoms with van der Waals surface area (Å²) >= 11 is -2.93. The Hall–Kier alpha value is -3.47. The van der Waals surface area contributed by atoms with E-state index < -0.39 is 23.1 Å². The molecule has 0 amide bonds. The fourth-order valence-electron chi connectivity index (χ4n) is 4.09. The summed E-state index contributed by atoms with van der Waals surface area (Å²) in [6.07, 6.45) is 4.92. The van der Waals surface area contributed by atoms with Crippen molar-refractivity contribution in [3.05, 3.63) is 71.4 Å². The lowest BCUT2D eigenvalue weighted by atomic mass is 9.98. The lowest BCUT2D eigenvalue weighted by Gasteiger charge is -2.31. The number of hydrogen-bond acceptors (Lipinski definition) is 6. The number of nitrogens with zero attached hydrogens (tertiary/aromatic N) is 2. The maximum Gasteiger partial charge on any atom is 0.341 e. The van der Waals surface area contributed by atoms with Crippen LogP contribution in [0.15, 0.2) is 53.2 Å². The van der Waals surface area contributed by atoms with Crippen molar-refractivity contribution in [2.24, 2.45) is 0 Å². The first kappa shape index (κ1) is 24.6. The zero-order valence-corrected chi connectivity index (χ0v) is 20.0. The van der Waals surface area contributed by atoms with Crippen LogP contribution in [0, 0.1) is 5.82 Å². The van der Waals surface area contributed by atoms with E-state index in [9.17, 15) is 23.1 Å². The number of rotatable bonds is 9. The molecular formula is C25H24FN2O6S-. The summed E-state index contributed by atoms with van der Waals surface area (Å²) in [7, 11) is 0. The van der Waals surface area contributed by atoms with E-state index in [0.29, 0.717) is 23.4 Å². The van der Waals surface area contributed by atoms with Gasteiger partial charge in [-0.25, -0.2) is 9.18 Å². The molecule has 0 radical (unpaired) electrons. The molecule has 35 heavy (non-hydrogen) atoms. The molecule has 2 heterocycles.